The SMILES string of the molecule is CCNC(Cc1ncc(C)c(OC)c1C)c1csnn1. The van der Waals surface area contributed by atoms with Crippen LogP contribution in [0.15, 0.2) is 11.6 Å². The first-order valence-electron chi connectivity index (χ1n) is 6.66. The van der Waals surface area contributed by atoms with E-state index in [4.69, 9.17) is 4.74 Å². The fraction of sp³-hybridized carbons (Fsp3) is 0.500. The van der Waals surface area contributed by atoms with Gasteiger partial charge in [-0.25, -0.2) is 0 Å². The van der Waals surface area contributed by atoms with Crippen LogP contribution in [0.4, 0.5) is 0 Å². The van der Waals surface area contributed by atoms with E-state index in [1.54, 1.807) is 7.11 Å². The largest absolute Gasteiger partial charge is 0.496 e. The van der Waals surface area contributed by atoms with E-state index in [0.29, 0.717) is 0 Å². The zero-order valence-corrected chi connectivity index (χ0v) is 13.1. The first kappa shape index (κ1) is 14.9. The summed E-state index contributed by atoms with van der Waals surface area (Å²) in [6.45, 7) is 7.03. The van der Waals surface area contributed by atoms with Crippen molar-refractivity contribution < 1.29 is 4.74 Å². The summed E-state index contributed by atoms with van der Waals surface area (Å²) in [4.78, 5) is 4.55. The lowest BCUT2D eigenvalue weighted by atomic mass is 10.0. The van der Waals surface area contributed by atoms with E-state index >= 15 is 0 Å². The number of pyridine rings is 1. The van der Waals surface area contributed by atoms with Crippen molar-refractivity contribution in [3.63, 3.8) is 0 Å². The van der Waals surface area contributed by atoms with Gasteiger partial charge in [0.25, 0.3) is 0 Å². The Balaban J connectivity index is 2.27. The van der Waals surface area contributed by atoms with Crippen LogP contribution < -0.4 is 10.1 Å². The van der Waals surface area contributed by atoms with Crippen LogP contribution in [-0.4, -0.2) is 28.2 Å². The predicted molar refractivity (Wildman–Crippen MR) is 80.3 cm³/mol. The third-order valence-electron chi connectivity index (χ3n) is 3.33. The lowest BCUT2D eigenvalue weighted by molar-refractivity contribution is 0.406. The highest BCUT2D eigenvalue weighted by Crippen LogP contribution is 2.27. The van der Waals surface area contributed by atoms with Crippen molar-refractivity contribution in [3.8, 4) is 5.75 Å². The van der Waals surface area contributed by atoms with E-state index in [1.165, 1.54) is 11.5 Å². The molecule has 0 aliphatic rings. The summed E-state index contributed by atoms with van der Waals surface area (Å²) in [6, 6.07) is 0.136. The number of nitrogens with one attached hydrogen (secondary N) is 1. The molecule has 0 spiro atoms. The average molecular weight is 292 g/mol. The van der Waals surface area contributed by atoms with Crippen LogP contribution in [0, 0.1) is 13.8 Å². The fourth-order valence-corrected chi connectivity index (χ4v) is 2.83. The van der Waals surface area contributed by atoms with Gasteiger partial charge in [-0.1, -0.05) is 11.4 Å². The van der Waals surface area contributed by atoms with Gasteiger partial charge in [-0.15, -0.1) is 5.10 Å². The molecule has 0 radical (unpaired) electrons. The molecule has 1 unspecified atom stereocenters. The molecule has 0 aliphatic heterocycles. The first-order chi connectivity index (χ1) is 9.67. The van der Waals surface area contributed by atoms with E-state index in [1.807, 2.05) is 18.5 Å². The van der Waals surface area contributed by atoms with Gasteiger partial charge in [-0.2, -0.15) is 0 Å². The molecule has 0 aromatic carbocycles. The van der Waals surface area contributed by atoms with Gasteiger partial charge in [0.05, 0.1) is 18.8 Å². The molecule has 2 aromatic rings. The van der Waals surface area contributed by atoms with Gasteiger partial charge >= 0.3 is 0 Å². The van der Waals surface area contributed by atoms with E-state index in [0.717, 1.165) is 41.2 Å². The molecule has 0 amide bonds. The molecule has 108 valence electrons. The third kappa shape index (κ3) is 3.13. The van der Waals surface area contributed by atoms with E-state index < -0.39 is 0 Å². The predicted octanol–water partition coefficient (Wildman–Crippen LogP) is 2.45. The van der Waals surface area contributed by atoms with Crippen LogP contribution in [0.5, 0.6) is 5.75 Å². The summed E-state index contributed by atoms with van der Waals surface area (Å²) in [5, 5.41) is 9.58. The van der Waals surface area contributed by atoms with Crippen LogP contribution in [0.1, 0.15) is 35.5 Å². The molecule has 2 heterocycles. The molecule has 2 aromatic heterocycles. The molecule has 20 heavy (non-hydrogen) atoms. The number of aromatic nitrogens is 3. The zero-order chi connectivity index (χ0) is 14.5. The molecule has 2 rings (SSSR count). The molecule has 5 nitrogen and oxygen atoms in total. The summed E-state index contributed by atoms with van der Waals surface area (Å²) < 4.78 is 9.41. The Hall–Kier alpha value is -1.53. The van der Waals surface area contributed by atoms with Crippen molar-refractivity contribution in [3.05, 3.63) is 34.1 Å². The Bertz CT molecular complexity index is 557. The van der Waals surface area contributed by atoms with Gasteiger partial charge in [-0.3, -0.25) is 4.98 Å². The fourth-order valence-electron chi connectivity index (χ4n) is 2.32. The third-order valence-corrected chi connectivity index (χ3v) is 3.85. The Labute approximate surface area is 123 Å². The number of ether oxygens (including phenoxy) is 1. The maximum absolute atomic E-state index is 5.46. The normalized spacial score (nSPS) is 12.4. The minimum Gasteiger partial charge on any atom is -0.496 e. The summed E-state index contributed by atoms with van der Waals surface area (Å²) in [5.74, 6) is 0.918. The number of nitrogens with zero attached hydrogens (tertiary/aromatic N) is 3. The molecular weight excluding hydrogens is 272 g/mol. The summed E-state index contributed by atoms with van der Waals surface area (Å²) in [5.41, 5.74) is 4.16. The summed E-state index contributed by atoms with van der Waals surface area (Å²) in [6.07, 6.45) is 2.64. The van der Waals surface area contributed by atoms with Gasteiger partial charge in [0.15, 0.2) is 0 Å². The molecule has 0 fully saturated rings. The second-order valence-electron chi connectivity index (χ2n) is 4.69. The van der Waals surface area contributed by atoms with Crippen LogP contribution in [0.2, 0.25) is 0 Å². The van der Waals surface area contributed by atoms with Crippen LogP contribution in [0.3, 0.4) is 0 Å². The molecule has 6 heteroatoms. The Kier molecular flexibility index (Phi) is 5.03. The molecular formula is C14H20N4OS. The number of aryl methyl sites for hydroxylation is 1. The molecule has 1 N–H and O–H groups in total. The highest BCUT2D eigenvalue weighted by atomic mass is 32.1. The number of hydrogen-bond acceptors (Lipinski definition) is 6. The maximum atomic E-state index is 5.46. The second-order valence-corrected chi connectivity index (χ2v) is 5.30. The highest BCUT2D eigenvalue weighted by Gasteiger charge is 2.18. The van der Waals surface area contributed by atoms with E-state index in [9.17, 15) is 0 Å². The standard InChI is InChI=1S/C14H20N4OS/c1-5-15-12(13-8-20-18-17-13)6-11-10(3)14(19-4)9(2)7-16-11/h7-8,12,15H,5-6H2,1-4H3. The zero-order valence-electron chi connectivity index (χ0n) is 12.3. The van der Waals surface area contributed by atoms with Crippen molar-refractivity contribution >= 4 is 11.5 Å². The van der Waals surface area contributed by atoms with Crippen molar-refractivity contribution in [2.75, 3.05) is 13.7 Å². The number of rotatable bonds is 6. The smallest absolute Gasteiger partial charge is 0.128 e. The Morgan fingerprint density at radius 3 is 2.80 bits per heavy atom. The van der Waals surface area contributed by atoms with Gasteiger partial charge in [0, 0.05) is 34.8 Å². The van der Waals surface area contributed by atoms with Crippen molar-refractivity contribution in [1.29, 1.82) is 0 Å². The Morgan fingerprint density at radius 2 is 2.20 bits per heavy atom. The quantitative estimate of drug-likeness (QED) is 0.886. The van der Waals surface area contributed by atoms with Gasteiger partial charge in [0.1, 0.15) is 5.75 Å². The van der Waals surface area contributed by atoms with E-state index in [-0.39, 0.29) is 6.04 Å². The van der Waals surface area contributed by atoms with Gasteiger partial charge < -0.3 is 10.1 Å². The lowest BCUT2D eigenvalue weighted by Crippen LogP contribution is -2.24. The minimum atomic E-state index is 0.136. The molecule has 0 aliphatic carbocycles. The number of likely N-dealkylation sites (N-methyl/N-ethyl adjacent to an activating group) is 1. The Morgan fingerprint density at radius 1 is 1.40 bits per heavy atom. The van der Waals surface area contributed by atoms with Crippen molar-refractivity contribution in [2.24, 2.45) is 0 Å². The number of hydrogen-bond donors (Lipinski definition) is 1. The van der Waals surface area contributed by atoms with Crippen LogP contribution in [0.25, 0.3) is 0 Å². The van der Waals surface area contributed by atoms with Gasteiger partial charge in [0.2, 0.25) is 0 Å². The van der Waals surface area contributed by atoms with E-state index in [2.05, 4.69) is 33.7 Å². The number of methoxy groups -OCH3 is 1. The van der Waals surface area contributed by atoms with Gasteiger partial charge in [-0.05, 0) is 31.9 Å². The topological polar surface area (TPSA) is 59.9 Å². The van der Waals surface area contributed by atoms with Crippen molar-refractivity contribution in [1.82, 2.24) is 19.9 Å². The molecule has 1 atom stereocenters. The van der Waals surface area contributed by atoms with Crippen LogP contribution >= 0.6 is 11.5 Å². The molecule has 0 saturated heterocycles. The maximum Gasteiger partial charge on any atom is 0.128 e. The first-order valence-corrected chi connectivity index (χ1v) is 7.50. The second kappa shape index (κ2) is 6.76. The summed E-state index contributed by atoms with van der Waals surface area (Å²) >= 11 is 1.37. The molecule has 0 bridgehead atoms. The lowest BCUT2D eigenvalue weighted by Gasteiger charge is -2.18. The summed E-state index contributed by atoms with van der Waals surface area (Å²) in [7, 11) is 1.70. The van der Waals surface area contributed by atoms with Crippen molar-refractivity contribution in [2.45, 2.75) is 33.2 Å². The molecule has 0 saturated carbocycles. The minimum absolute atomic E-state index is 0.136. The van der Waals surface area contributed by atoms with Crippen LogP contribution in [-0.2, 0) is 6.42 Å². The monoisotopic (exact) mass is 292 g/mol. The average Bonchev–Trinajstić information content (AvgIpc) is 2.95. The highest BCUT2D eigenvalue weighted by molar-refractivity contribution is 7.03.